The van der Waals surface area contributed by atoms with Crippen LogP contribution in [-0.2, 0) is 42.9 Å². The quantitative estimate of drug-likeness (QED) is 0.0228. The third-order valence-corrected chi connectivity index (χ3v) is 15.1. The third-order valence-electron chi connectivity index (χ3n) is 15.1. The molecular weight excluding hydrogens is 1020 g/mol. The molecule has 0 radical (unpaired) electrons. The van der Waals surface area contributed by atoms with Gasteiger partial charge in [-0.1, -0.05) is 261 Å². The summed E-state index contributed by atoms with van der Waals surface area (Å²) in [6.07, 6.45) is 58.9. The minimum atomic E-state index is -1.91. The van der Waals surface area contributed by atoms with Gasteiger partial charge in [0, 0.05) is 19.3 Å². The van der Waals surface area contributed by atoms with Crippen LogP contribution in [0.2, 0.25) is 0 Å². The third kappa shape index (κ3) is 46.5. The number of ether oxygens (including phenoxy) is 5. The zero-order chi connectivity index (χ0) is 58.9. The number of carboxylic acids is 1. The molecule has 468 valence electrons. The van der Waals surface area contributed by atoms with Crippen molar-refractivity contribution in [1.29, 1.82) is 0 Å². The summed E-state index contributed by atoms with van der Waals surface area (Å²) in [5.41, 5.74) is 0. The maximum absolute atomic E-state index is 13.2. The van der Waals surface area contributed by atoms with E-state index in [0.717, 1.165) is 103 Å². The van der Waals surface area contributed by atoms with Gasteiger partial charge in [-0.15, -0.1) is 0 Å². The molecule has 6 atom stereocenters. The second-order valence-corrected chi connectivity index (χ2v) is 22.7. The lowest BCUT2D eigenvalue weighted by atomic mass is 9.98. The lowest BCUT2D eigenvalue weighted by Crippen LogP contribution is -2.61. The lowest BCUT2D eigenvalue weighted by Gasteiger charge is -2.40. The molecule has 0 bridgehead atoms. The largest absolute Gasteiger partial charge is 0.479 e. The van der Waals surface area contributed by atoms with E-state index < -0.39 is 67.3 Å². The predicted molar refractivity (Wildman–Crippen MR) is 331 cm³/mol. The average Bonchev–Trinajstić information content (AvgIpc) is 3.53. The number of allylic oxidation sites excluding steroid dienone is 10. The molecule has 12 heteroatoms. The van der Waals surface area contributed by atoms with Crippen LogP contribution in [-0.4, -0.2) is 89.2 Å². The smallest absolute Gasteiger partial charge is 0.335 e. The lowest BCUT2D eigenvalue weighted by molar-refractivity contribution is -0.301. The monoisotopic (exact) mass is 1140 g/mol. The summed E-state index contributed by atoms with van der Waals surface area (Å²) < 4.78 is 28.5. The Balaban J connectivity index is 2.65. The van der Waals surface area contributed by atoms with E-state index in [0.29, 0.717) is 19.3 Å². The van der Waals surface area contributed by atoms with Crippen molar-refractivity contribution in [2.45, 2.75) is 340 Å². The van der Waals surface area contributed by atoms with Crippen LogP contribution >= 0.6 is 0 Å². The molecule has 0 aromatic heterocycles. The zero-order valence-corrected chi connectivity index (χ0v) is 51.8. The Morgan fingerprint density at radius 1 is 0.420 bits per heavy atom. The van der Waals surface area contributed by atoms with Gasteiger partial charge in [0.05, 0.1) is 6.61 Å². The number of hydrogen-bond acceptors (Lipinski definition) is 11. The number of rotatable bonds is 57. The molecule has 81 heavy (non-hydrogen) atoms. The van der Waals surface area contributed by atoms with Crippen molar-refractivity contribution in [1.82, 2.24) is 0 Å². The molecular formula is C69H120O12. The number of unbranched alkanes of at least 4 members (excludes halogenated alkanes) is 33. The van der Waals surface area contributed by atoms with Gasteiger partial charge in [0.25, 0.3) is 0 Å². The topological polar surface area (TPSA) is 175 Å². The van der Waals surface area contributed by atoms with Crippen LogP contribution in [0.1, 0.15) is 303 Å². The van der Waals surface area contributed by atoms with Crippen LogP contribution in [0, 0.1) is 0 Å². The molecule has 1 aliphatic heterocycles. The first-order chi connectivity index (χ1) is 39.6. The minimum absolute atomic E-state index is 0.0571. The standard InChI is InChI=1S/C69H120O12/c1-4-7-10-13-16-19-22-25-28-30-31-33-36-39-42-45-48-51-54-57-63(72)80-67-65(74)64(73)66(68(75)76)81-69(67)78-59-60(79-62(71)56-53-50-47-44-41-38-34-27-24-21-18-15-12-9-6-3)58-77-61(70)55-52-49-46-43-40-37-35-32-29-26-23-20-17-14-11-8-5-2/h8,11,17,20,25-26,28-29,35,37,60,64-67,69,73-74H,4-7,9-10,12-16,18-19,21-24,27,30-34,36,38-59H2,1-3H3,(H,75,76)/b11-8-,20-17-,28-25-,29-26-,37-35-. The first-order valence-corrected chi connectivity index (χ1v) is 33.3. The number of aliphatic hydroxyl groups excluding tert-OH is 2. The fourth-order valence-electron chi connectivity index (χ4n) is 10.0. The van der Waals surface area contributed by atoms with Crippen LogP contribution < -0.4 is 0 Å². The molecule has 1 aliphatic rings. The van der Waals surface area contributed by atoms with Gasteiger partial charge in [-0.3, -0.25) is 14.4 Å². The van der Waals surface area contributed by atoms with Gasteiger partial charge in [0.1, 0.15) is 18.8 Å². The molecule has 0 amide bonds. The summed E-state index contributed by atoms with van der Waals surface area (Å²) in [5, 5.41) is 31.6. The number of aliphatic carboxylic acids is 1. The molecule has 1 saturated heterocycles. The molecule has 0 aromatic carbocycles. The van der Waals surface area contributed by atoms with Gasteiger partial charge < -0.3 is 39.0 Å². The Morgan fingerprint density at radius 2 is 0.778 bits per heavy atom. The summed E-state index contributed by atoms with van der Waals surface area (Å²) >= 11 is 0. The Labute approximate surface area is 494 Å². The summed E-state index contributed by atoms with van der Waals surface area (Å²) in [6, 6.07) is 0. The highest BCUT2D eigenvalue weighted by Gasteiger charge is 2.50. The van der Waals surface area contributed by atoms with Gasteiger partial charge >= 0.3 is 23.9 Å². The van der Waals surface area contributed by atoms with Gasteiger partial charge in [-0.2, -0.15) is 0 Å². The van der Waals surface area contributed by atoms with Crippen molar-refractivity contribution < 1.29 is 58.2 Å². The van der Waals surface area contributed by atoms with E-state index >= 15 is 0 Å². The van der Waals surface area contributed by atoms with E-state index in [1.54, 1.807) is 0 Å². The van der Waals surface area contributed by atoms with Crippen LogP contribution in [0.5, 0.6) is 0 Å². The minimum Gasteiger partial charge on any atom is -0.479 e. The normalized spacial score (nSPS) is 18.1. The second-order valence-electron chi connectivity index (χ2n) is 22.7. The van der Waals surface area contributed by atoms with E-state index in [4.69, 9.17) is 23.7 Å². The van der Waals surface area contributed by atoms with Gasteiger partial charge in [0.2, 0.25) is 0 Å². The number of aliphatic hydroxyl groups is 2. The van der Waals surface area contributed by atoms with Gasteiger partial charge in [0.15, 0.2) is 24.6 Å². The van der Waals surface area contributed by atoms with E-state index in [2.05, 4.69) is 81.5 Å². The van der Waals surface area contributed by atoms with Crippen molar-refractivity contribution in [2.24, 2.45) is 0 Å². The summed E-state index contributed by atoms with van der Waals surface area (Å²) in [5.74, 6) is -3.13. The molecule has 0 saturated carbocycles. The summed E-state index contributed by atoms with van der Waals surface area (Å²) in [6.45, 7) is 5.90. The van der Waals surface area contributed by atoms with Crippen molar-refractivity contribution in [3.8, 4) is 0 Å². The fraction of sp³-hybridized carbons (Fsp3) is 0.797. The molecule has 6 unspecified atom stereocenters. The van der Waals surface area contributed by atoms with Crippen LogP contribution in [0.3, 0.4) is 0 Å². The molecule has 1 heterocycles. The second kappa shape index (κ2) is 56.9. The van der Waals surface area contributed by atoms with Crippen molar-refractivity contribution in [2.75, 3.05) is 13.2 Å². The Morgan fingerprint density at radius 3 is 1.20 bits per heavy atom. The number of carboxylic acid groups (broad SMARTS) is 1. The Bertz CT molecular complexity index is 1640. The maximum atomic E-state index is 13.2. The fourth-order valence-corrected chi connectivity index (χ4v) is 10.0. The number of carbonyl (C=O) groups is 4. The Kier molecular flexibility index (Phi) is 53.0. The molecule has 3 N–H and O–H groups in total. The molecule has 12 nitrogen and oxygen atoms in total. The van der Waals surface area contributed by atoms with Crippen LogP contribution in [0.4, 0.5) is 0 Å². The predicted octanol–water partition coefficient (Wildman–Crippen LogP) is 17.9. The number of carbonyl (C=O) groups excluding carboxylic acids is 3. The average molecular weight is 1140 g/mol. The van der Waals surface area contributed by atoms with Crippen molar-refractivity contribution in [3.05, 3.63) is 60.8 Å². The highest BCUT2D eigenvalue weighted by molar-refractivity contribution is 5.74. The SMILES string of the molecule is CC/C=C\C/C=C\C/C=C\C/C=C\CCCCCCC(=O)OCC(COC1OC(C(=O)O)C(O)C(O)C1OC(=O)CCCCCCCCCCC/C=C\CCCCCCCC)OC(=O)CCCCCCCCCCCCCCCCC. The number of hydrogen-bond donors (Lipinski definition) is 3. The van der Waals surface area contributed by atoms with Crippen LogP contribution in [0.15, 0.2) is 60.8 Å². The highest BCUT2D eigenvalue weighted by atomic mass is 16.7. The van der Waals surface area contributed by atoms with Crippen molar-refractivity contribution in [3.63, 3.8) is 0 Å². The summed E-state index contributed by atoms with van der Waals surface area (Å²) in [7, 11) is 0. The first kappa shape index (κ1) is 75.4. The van der Waals surface area contributed by atoms with E-state index in [9.17, 15) is 34.5 Å². The molecule has 1 rings (SSSR count). The van der Waals surface area contributed by atoms with Crippen molar-refractivity contribution >= 4 is 23.9 Å². The van der Waals surface area contributed by atoms with Gasteiger partial charge in [-0.25, -0.2) is 4.79 Å². The maximum Gasteiger partial charge on any atom is 0.335 e. The molecule has 0 aliphatic carbocycles. The van der Waals surface area contributed by atoms with E-state index in [1.807, 2.05) is 0 Å². The van der Waals surface area contributed by atoms with Crippen LogP contribution in [0.25, 0.3) is 0 Å². The van der Waals surface area contributed by atoms with E-state index in [1.165, 1.54) is 141 Å². The first-order valence-electron chi connectivity index (χ1n) is 33.3. The van der Waals surface area contributed by atoms with E-state index in [-0.39, 0.29) is 25.9 Å². The number of esters is 3. The molecule has 0 aromatic rings. The molecule has 1 fully saturated rings. The van der Waals surface area contributed by atoms with Gasteiger partial charge in [-0.05, 0) is 83.5 Å². The highest BCUT2D eigenvalue weighted by Crippen LogP contribution is 2.27. The molecule has 0 spiro atoms. The summed E-state index contributed by atoms with van der Waals surface area (Å²) in [4.78, 5) is 51.4. The zero-order valence-electron chi connectivity index (χ0n) is 51.8. The Hall–Kier alpha value is -3.58.